The van der Waals surface area contributed by atoms with Crippen LogP contribution in [-0.4, -0.2) is 31.4 Å². The third kappa shape index (κ3) is 5.75. The summed E-state index contributed by atoms with van der Waals surface area (Å²) >= 11 is 4.09. The largest absolute Gasteiger partial charge is 0.379 e. The van der Waals surface area contributed by atoms with Crippen molar-refractivity contribution in [1.29, 1.82) is 0 Å². The van der Waals surface area contributed by atoms with Crippen molar-refractivity contribution < 1.29 is 9.53 Å². The first-order valence-corrected chi connectivity index (χ1v) is 6.71. The Hall–Kier alpha value is -0.220. The van der Waals surface area contributed by atoms with Crippen molar-refractivity contribution in [3.63, 3.8) is 0 Å². The van der Waals surface area contributed by atoms with Gasteiger partial charge in [0.25, 0.3) is 0 Å². The lowest BCUT2D eigenvalue weighted by Gasteiger charge is -2.27. The van der Waals surface area contributed by atoms with Gasteiger partial charge in [-0.05, 0) is 19.8 Å². The van der Waals surface area contributed by atoms with E-state index in [1.54, 1.807) is 0 Å². The van der Waals surface area contributed by atoms with Crippen molar-refractivity contribution in [2.75, 3.05) is 25.5 Å². The molecule has 1 unspecified atom stereocenters. The Bertz CT molecular complexity index is 199. The average Bonchev–Trinajstić information content (AvgIpc) is 2.26. The van der Waals surface area contributed by atoms with Crippen LogP contribution < -0.4 is 5.32 Å². The van der Waals surface area contributed by atoms with E-state index in [0.717, 1.165) is 25.8 Å². The summed E-state index contributed by atoms with van der Waals surface area (Å²) in [5, 5.41) is 2.95. The molecule has 0 fully saturated rings. The molecular weight excluding hydrogens is 222 g/mol. The van der Waals surface area contributed by atoms with Gasteiger partial charge in [-0.2, -0.15) is 12.6 Å². The minimum Gasteiger partial charge on any atom is -0.379 e. The zero-order valence-corrected chi connectivity index (χ0v) is 11.6. The fourth-order valence-corrected chi connectivity index (χ4v) is 1.75. The maximum Gasteiger partial charge on any atom is 0.228 e. The fraction of sp³-hybridized carbons (Fsp3) is 0.917. The molecule has 0 saturated carbocycles. The Kier molecular flexibility index (Phi) is 8.76. The van der Waals surface area contributed by atoms with Crippen LogP contribution >= 0.6 is 12.6 Å². The van der Waals surface area contributed by atoms with E-state index in [1.165, 1.54) is 0 Å². The predicted molar refractivity (Wildman–Crippen MR) is 71.0 cm³/mol. The minimum atomic E-state index is -0.396. The van der Waals surface area contributed by atoms with Crippen LogP contribution in [0.3, 0.4) is 0 Å². The molecule has 96 valence electrons. The lowest BCUT2D eigenvalue weighted by Crippen LogP contribution is -2.42. The van der Waals surface area contributed by atoms with Gasteiger partial charge in [0, 0.05) is 12.3 Å². The third-order valence-corrected chi connectivity index (χ3v) is 2.72. The lowest BCUT2D eigenvalue weighted by molar-refractivity contribution is -0.134. The van der Waals surface area contributed by atoms with Gasteiger partial charge in [0.1, 0.15) is 0 Å². The number of hydrogen-bond acceptors (Lipinski definition) is 3. The molecule has 0 bridgehead atoms. The molecule has 1 atom stereocenters. The predicted octanol–water partition coefficient (Wildman–Crippen LogP) is 2.27. The van der Waals surface area contributed by atoms with Gasteiger partial charge < -0.3 is 10.1 Å². The summed E-state index contributed by atoms with van der Waals surface area (Å²) < 4.78 is 5.46. The summed E-state index contributed by atoms with van der Waals surface area (Å²) in [4.78, 5) is 12.0. The standard InChI is InChI=1S/C12H25NO2S/c1-4-6-12(3,10-15-8-9-16)11(14)13-7-5-2/h16H,4-10H2,1-3H3,(H,13,14). The van der Waals surface area contributed by atoms with Crippen LogP contribution in [0.25, 0.3) is 0 Å². The van der Waals surface area contributed by atoms with E-state index < -0.39 is 5.41 Å². The third-order valence-electron chi connectivity index (χ3n) is 2.54. The topological polar surface area (TPSA) is 38.3 Å². The molecule has 0 aromatic carbocycles. The van der Waals surface area contributed by atoms with Crippen LogP contribution in [0.5, 0.6) is 0 Å². The summed E-state index contributed by atoms with van der Waals surface area (Å²) in [5.41, 5.74) is -0.396. The summed E-state index contributed by atoms with van der Waals surface area (Å²) in [6, 6.07) is 0. The summed E-state index contributed by atoms with van der Waals surface area (Å²) in [5.74, 6) is 0.800. The molecule has 1 N–H and O–H groups in total. The summed E-state index contributed by atoms with van der Waals surface area (Å²) in [6.07, 6.45) is 2.81. The van der Waals surface area contributed by atoms with Crippen molar-refractivity contribution in [2.45, 2.75) is 40.0 Å². The van der Waals surface area contributed by atoms with E-state index in [4.69, 9.17) is 4.74 Å². The maximum absolute atomic E-state index is 12.0. The molecule has 1 amide bonds. The van der Waals surface area contributed by atoms with Crippen LogP contribution in [-0.2, 0) is 9.53 Å². The highest BCUT2D eigenvalue weighted by Crippen LogP contribution is 2.24. The quantitative estimate of drug-likeness (QED) is 0.484. The number of hydrogen-bond donors (Lipinski definition) is 2. The molecule has 0 radical (unpaired) electrons. The molecule has 0 saturated heterocycles. The molecule has 0 heterocycles. The molecule has 16 heavy (non-hydrogen) atoms. The van der Waals surface area contributed by atoms with Crippen LogP contribution in [0.15, 0.2) is 0 Å². The summed E-state index contributed by atoms with van der Waals surface area (Å²) in [6.45, 7) is 7.93. The Balaban J connectivity index is 4.23. The van der Waals surface area contributed by atoms with E-state index in [-0.39, 0.29) is 5.91 Å². The van der Waals surface area contributed by atoms with E-state index in [2.05, 4.69) is 31.8 Å². The summed E-state index contributed by atoms with van der Waals surface area (Å²) in [7, 11) is 0. The Labute approximate surface area is 105 Å². The van der Waals surface area contributed by atoms with Crippen LogP contribution in [0, 0.1) is 5.41 Å². The maximum atomic E-state index is 12.0. The first-order chi connectivity index (χ1) is 7.60. The van der Waals surface area contributed by atoms with Gasteiger partial charge in [-0.1, -0.05) is 20.3 Å². The number of rotatable bonds is 9. The number of thiol groups is 1. The first kappa shape index (κ1) is 15.8. The van der Waals surface area contributed by atoms with Crippen molar-refractivity contribution in [3.05, 3.63) is 0 Å². The first-order valence-electron chi connectivity index (χ1n) is 6.07. The van der Waals surface area contributed by atoms with E-state index in [0.29, 0.717) is 19.0 Å². The molecular formula is C12H25NO2S. The molecule has 0 aromatic heterocycles. The van der Waals surface area contributed by atoms with Gasteiger partial charge in [-0.15, -0.1) is 0 Å². The van der Waals surface area contributed by atoms with Gasteiger partial charge in [-0.3, -0.25) is 4.79 Å². The van der Waals surface area contributed by atoms with Crippen molar-refractivity contribution in [3.8, 4) is 0 Å². The minimum absolute atomic E-state index is 0.107. The zero-order valence-electron chi connectivity index (χ0n) is 10.7. The van der Waals surface area contributed by atoms with Crippen LogP contribution in [0.2, 0.25) is 0 Å². The monoisotopic (exact) mass is 247 g/mol. The van der Waals surface area contributed by atoms with Crippen LogP contribution in [0.1, 0.15) is 40.0 Å². The van der Waals surface area contributed by atoms with Crippen LogP contribution in [0.4, 0.5) is 0 Å². The highest BCUT2D eigenvalue weighted by molar-refractivity contribution is 7.80. The fourth-order valence-electron chi connectivity index (χ4n) is 1.62. The van der Waals surface area contributed by atoms with Gasteiger partial charge in [0.2, 0.25) is 5.91 Å². The normalized spacial score (nSPS) is 14.5. The molecule has 0 aliphatic rings. The average molecular weight is 247 g/mol. The van der Waals surface area contributed by atoms with Gasteiger partial charge in [0.05, 0.1) is 18.6 Å². The molecule has 0 aromatic rings. The second-order valence-corrected chi connectivity index (χ2v) is 4.79. The Morgan fingerprint density at radius 2 is 2.06 bits per heavy atom. The number of ether oxygens (including phenoxy) is 1. The zero-order chi connectivity index (χ0) is 12.4. The van der Waals surface area contributed by atoms with Gasteiger partial charge in [0.15, 0.2) is 0 Å². The van der Waals surface area contributed by atoms with Crippen molar-refractivity contribution in [2.24, 2.45) is 5.41 Å². The van der Waals surface area contributed by atoms with Crippen molar-refractivity contribution in [1.82, 2.24) is 5.32 Å². The lowest BCUT2D eigenvalue weighted by atomic mass is 9.85. The number of carbonyl (C=O) groups is 1. The Morgan fingerprint density at radius 1 is 1.38 bits per heavy atom. The van der Waals surface area contributed by atoms with Crippen molar-refractivity contribution >= 4 is 18.5 Å². The molecule has 3 nitrogen and oxygen atoms in total. The molecule has 0 aliphatic heterocycles. The van der Waals surface area contributed by atoms with E-state index in [9.17, 15) is 4.79 Å². The smallest absolute Gasteiger partial charge is 0.228 e. The molecule has 0 aliphatic carbocycles. The van der Waals surface area contributed by atoms with Gasteiger partial charge >= 0.3 is 0 Å². The van der Waals surface area contributed by atoms with E-state index in [1.807, 2.05) is 6.92 Å². The highest BCUT2D eigenvalue weighted by Gasteiger charge is 2.32. The number of nitrogens with one attached hydrogen (secondary N) is 1. The van der Waals surface area contributed by atoms with E-state index >= 15 is 0 Å². The SMILES string of the molecule is CCCNC(=O)C(C)(CCC)COCCS. The number of amides is 1. The molecule has 0 spiro atoms. The molecule has 4 heteroatoms. The van der Waals surface area contributed by atoms with Gasteiger partial charge in [-0.25, -0.2) is 0 Å². The second kappa shape index (κ2) is 8.88. The Morgan fingerprint density at radius 3 is 2.56 bits per heavy atom. The highest BCUT2D eigenvalue weighted by atomic mass is 32.1. The molecule has 0 rings (SSSR count). The number of carbonyl (C=O) groups excluding carboxylic acids is 1. The second-order valence-electron chi connectivity index (χ2n) is 4.34.